The summed E-state index contributed by atoms with van der Waals surface area (Å²) in [6.45, 7) is 6.97. The summed E-state index contributed by atoms with van der Waals surface area (Å²) in [5, 5.41) is 9.94. The Morgan fingerprint density at radius 2 is 1.72 bits per heavy atom. The van der Waals surface area contributed by atoms with Crippen LogP contribution in [0.5, 0.6) is 5.75 Å². The average molecular weight is 668 g/mol. The number of benzene rings is 3. The van der Waals surface area contributed by atoms with E-state index in [1.807, 2.05) is 6.92 Å². The van der Waals surface area contributed by atoms with Crippen molar-refractivity contribution in [2.45, 2.75) is 69.1 Å². The zero-order valence-electron chi connectivity index (χ0n) is 26.2. The van der Waals surface area contributed by atoms with Crippen LogP contribution in [-0.2, 0) is 19.8 Å². The lowest BCUT2D eigenvalue weighted by Gasteiger charge is -2.47. The van der Waals surface area contributed by atoms with Crippen LogP contribution in [0, 0.1) is 12.7 Å². The smallest absolute Gasteiger partial charge is 0.263 e. The molecule has 0 aromatic heterocycles. The lowest BCUT2D eigenvalue weighted by Crippen LogP contribution is -2.57. The van der Waals surface area contributed by atoms with Crippen LogP contribution in [0.4, 0.5) is 10.1 Å². The number of hydrogen-bond donors (Lipinski definition) is 3. The normalized spacial score (nSPS) is 23.5. The number of halogens is 3. The Kier molecular flexibility index (Phi) is 8.54. The van der Waals surface area contributed by atoms with E-state index in [1.54, 1.807) is 56.3 Å². The number of carbonyl (C=O) groups is 3. The van der Waals surface area contributed by atoms with Crippen LogP contribution in [0.2, 0.25) is 10.0 Å². The highest BCUT2D eigenvalue weighted by atomic mass is 35.5. The van der Waals surface area contributed by atoms with Gasteiger partial charge in [0.2, 0.25) is 11.8 Å². The van der Waals surface area contributed by atoms with Gasteiger partial charge in [0.25, 0.3) is 5.91 Å². The Hall–Kier alpha value is -3.66. The minimum atomic E-state index is -1.45. The number of nitrogens with one attached hydrogen (secondary N) is 3. The topological polar surface area (TPSA) is 99.8 Å². The maximum Gasteiger partial charge on any atom is 0.263 e. The van der Waals surface area contributed by atoms with Crippen molar-refractivity contribution >= 4 is 46.6 Å². The monoisotopic (exact) mass is 666 g/mol. The lowest BCUT2D eigenvalue weighted by atomic mass is 9.59. The van der Waals surface area contributed by atoms with Gasteiger partial charge in [0.05, 0.1) is 6.04 Å². The minimum Gasteiger partial charge on any atom is -0.478 e. The molecule has 3 heterocycles. The van der Waals surface area contributed by atoms with Gasteiger partial charge in [-0.1, -0.05) is 35.3 Å². The van der Waals surface area contributed by atoms with Gasteiger partial charge >= 0.3 is 0 Å². The first-order valence-electron chi connectivity index (χ1n) is 15.4. The van der Waals surface area contributed by atoms with Crippen LogP contribution < -0.4 is 20.7 Å². The van der Waals surface area contributed by atoms with Crippen molar-refractivity contribution in [3.63, 3.8) is 0 Å². The molecule has 46 heavy (non-hydrogen) atoms. The molecule has 8 nitrogen and oxygen atoms in total. The number of nitrogens with zero attached hydrogens (tertiary/aromatic N) is 1. The standard InChI is InChI=1S/C35H37Cl2FN4O4/c1-19-5-8-22(38)17-24(19)31-35(26-9-6-21(37)16-28(26)40-33(35)45)27(18-30(43)41-31)25-15-20(36)7-10-29(25)46-34(2,3)32(44)39-23-11-13-42(4)14-12-23/h5-10,15-17,23,27,31H,11-14,18H2,1-4H3,(H,39,44)(H,40,45)(H,41,43)/t27-,31+,35?/m1/s1. The van der Waals surface area contributed by atoms with Gasteiger partial charge in [0, 0.05) is 39.7 Å². The van der Waals surface area contributed by atoms with E-state index in [1.165, 1.54) is 12.1 Å². The van der Waals surface area contributed by atoms with Crippen molar-refractivity contribution in [2.24, 2.45) is 0 Å². The second-order valence-electron chi connectivity index (χ2n) is 13.1. The molecule has 3 atom stereocenters. The number of piperidine rings is 2. The van der Waals surface area contributed by atoms with Crippen LogP contribution in [0.25, 0.3) is 0 Å². The van der Waals surface area contributed by atoms with Gasteiger partial charge in [-0.25, -0.2) is 4.39 Å². The third-order valence-electron chi connectivity index (χ3n) is 9.62. The number of hydrogen-bond acceptors (Lipinski definition) is 5. The van der Waals surface area contributed by atoms with Crippen molar-refractivity contribution < 1.29 is 23.5 Å². The summed E-state index contributed by atoms with van der Waals surface area (Å²) in [6, 6.07) is 13.5. The van der Waals surface area contributed by atoms with Gasteiger partial charge in [-0.15, -0.1) is 0 Å². The molecule has 242 valence electrons. The SMILES string of the molecule is Cc1ccc(F)cc1[C@@H]1NC(=O)C[C@H](c2cc(Cl)ccc2OC(C)(C)C(=O)NC2CCN(C)CC2)C12C(=O)Nc1cc(Cl)ccc12. The number of fused-ring (bicyclic) bond motifs is 2. The molecule has 6 rings (SSSR count). The van der Waals surface area contributed by atoms with Crippen molar-refractivity contribution in [1.82, 2.24) is 15.5 Å². The Morgan fingerprint density at radius 1 is 1.02 bits per heavy atom. The molecule has 0 radical (unpaired) electrons. The van der Waals surface area contributed by atoms with Gasteiger partial charge in [-0.3, -0.25) is 14.4 Å². The lowest BCUT2D eigenvalue weighted by molar-refractivity contribution is -0.136. The average Bonchev–Trinajstić information content (AvgIpc) is 3.28. The van der Waals surface area contributed by atoms with Crippen molar-refractivity contribution in [2.75, 3.05) is 25.5 Å². The third kappa shape index (κ3) is 5.73. The zero-order valence-corrected chi connectivity index (χ0v) is 27.7. The van der Waals surface area contributed by atoms with Gasteiger partial charge < -0.3 is 25.6 Å². The molecule has 0 bridgehead atoms. The van der Waals surface area contributed by atoms with E-state index >= 15 is 0 Å². The maximum absolute atomic E-state index is 14.8. The molecule has 1 spiro atoms. The number of aryl methyl sites for hydroxylation is 1. The van der Waals surface area contributed by atoms with Crippen LogP contribution in [0.15, 0.2) is 54.6 Å². The van der Waals surface area contributed by atoms with E-state index in [0.717, 1.165) is 25.9 Å². The summed E-state index contributed by atoms with van der Waals surface area (Å²) in [5.74, 6) is -1.98. The van der Waals surface area contributed by atoms with E-state index < -0.39 is 28.8 Å². The Balaban J connectivity index is 1.48. The molecule has 1 unspecified atom stereocenters. The van der Waals surface area contributed by atoms with Crippen molar-refractivity contribution in [1.29, 1.82) is 0 Å². The summed E-state index contributed by atoms with van der Waals surface area (Å²) in [4.78, 5) is 43.9. The first kappa shape index (κ1) is 32.3. The Bertz CT molecular complexity index is 1720. The Labute approximate surface area is 278 Å². The molecule has 2 saturated heterocycles. The predicted molar refractivity (Wildman–Crippen MR) is 176 cm³/mol. The molecule has 3 aromatic carbocycles. The van der Waals surface area contributed by atoms with E-state index in [4.69, 9.17) is 27.9 Å². The van der Waals surface area contributed by atoms with E-state index in [-0.39, 0.29) is 30.2 Å². The quantitative estimate of drug-likeness (QED) is 0.298. The molecule has 3 amide bonds. The first-order chi connectivity index (χ1) is 21.8. The fourth-order valence-corrected chi connectivity index (χ4v) is 7.51. The minimum absolute atomic E-state index is 0.0300. The second kappa shape index (κ2) is 12.2. The number of ether oxygens (including phenoxy) is 1. The number of carbonyl (C=O) groups excluding carboxylic acids is 3. The molecule has 0 saturated carbocycles. The molecule has 3 aliphatic rings. The van der Waals surface area contributed by atoms with E-state index in [0.29, 0.717) is 43.7 Å². The van der Waals surface area contributed by atoms with Gasteiger partial charge in [-0.2, -0.15) is 0 Å². The number of amides is 3. The van der Waals surface area contributed by atoms with Crippen LogP contribution >= 0.6 is 23.2 Å². The van der Waals surface area contributed by atoms with Crippen LogP contribution in [0.1, 0.15) is 67.3 Å². The van der Waals surface area contributed by atoms with Gasteiger partial charge in [0.1, 0.15) is 17.0 Å². The van der Waals surface area contributed by atoms with E-state index in [9.17, 15) is 18.8 Å². The van der Waals surface area contributed by atoms with Crippen LogP contribution in [0.3, 0.4) is 0 Å². The highest BCUT2D eigenvalue weighted by Gasteiger charge is 2.62. The largest absolute Gasteiger partial charge is 0.478 e. The Morgan fingerprint density at radius 3 is 2.46 bits per heavy atom. The highest BCUT2D eigenvalue weighted by molar-refractivity contribution is 6.31. The molecular formula is C35H37Cl2FN4O4. The fourth-order valence-electron chi connectivity index (χ4n) is 7.16. The fraction of sp³-hybridized carbons (Fsp3) is 0.400. The molecule has 3 N–H and O–H groups in total. The summed E-state index contributed by atoms with van der Waals surface area (Å²) in [6.07, 6.45) is 1.58. The first-order valence-corrected chi connectivity index (χ1v) is 16.2. The maximum atomic E-state index is 14.8. The predicted octanol–water partition coefficient (Wildman–Crippen LogP) is 6.04. The van der Waals surface area contributed by atoms with Crippen molar-refractivity contribution in [3.05, 3.63) is 92.7 Å². The number of rotatable bonds is 6. The van der Waals surface area contributed by atoms with Crippen LogP contribution in [-0.4, -0.2) is 54.4 Å². The summed E-state index contributed by atoms with van der Waals surface area (Å²) < 4.78 is 21.3. The zero-order chi connectivity index (χ0) is 33.0. The molecule has 11 heteroatoms. The van der Waals surface area contributed by atoms with Gasteiger partial charge in [-0.05, 0) is 113 Å². The summed E-state index contributed by atoms with van der Waals surface area (Å²) in [7, 11) is 2.06. The number of likely N-dealkylation sites (tertiary alicyclic amines) is 1. The summed E-state index contributed by atoms with van der Waals surface area (Å²) >= 11 is 12.9. The van der Waals surface area contributed by atoms with E-state index in [2.05, 4.69) is 27.9 Å². The third-order valence-corrected chi connectivity index (χ3v) is 10.1. The van der Waals surface area contributed by atoms with Gasteiger partial charge in [0.15, 0.2) is 5.60 Å². The molecule has 2 fully saturated rings. The summed E-state index contributed by atoms with van der Waals surface area (Å²) in [5.41, 5.74) is 0.00745. The molecular weight excluding hydrogens is 630 g/mol. The molecule has 3 aliphatic heterocycles. The molecule has 3 aromatic rings. The number of anilines is 1. The molecule has 0 aliphatic carbocycles. The van der Waals surface area contributed by atoms with Crippen molar-refractivity contribution in [3.8, 4) is 5.75 Å². The second-order valence-corrected chi connectivity index (χ2v) is 14.0. The highest BCUT2D eigenvalue weighted by Crippen LogP contribution is 2.59.